The smallest absolute Gasteiger partial charge is 0.224 e. The normalized spacial score (nSPS) is 21.7. The van der Waals surface area contributed by atoms with Gasteiger partial charge in [-0.15, -0.1) is 0 Å². The Morgan fingerprint density at radius 2 is 2.00 bits per heavy atom. The van der Waals surface area contributed by atoms with Crippen LogP contribution in [0.5, 0.6) is 0 Å². The summed E-state index contributed by atoms with van der Waals surface area (Å²) in [5, 5.41) is 2.72. The molecule has 0 bridgehead atoms. The first-order chi connectivity index (χ1) is 12.6. The van der Waals surface area contributed by atoms with Gasteiger partial charge in [-0.1, -0.05) is 0 Å². The van der Waals surface area contributed by atoms with Crippen molar-refractivity contribution in [2.24, 2.45) is 5.92 Å². The van der Waals surface area contributed by atoms with E-state index in [0.29, 0.717) is 25.4 Å². The molecule has 0 aromatic rings. The number of piperidine rings is 1. The summed E-state index contributed by atoms with van der Waals surface area (Å²) in [6, 6.07) is 0. The highest BCUT2D eigenvalue weighted by atomic mass is 16.5. The molecule has 150 valence electrons. The molecule has 2 fully saturated rings. The number of carbonyl (C=O) groups is 2. The molecular formula is C19H35N3O4. The summed E-state index contributed by atoms with van der Waals surface area (Å²) in [5.74, 6) is 0.572. The second-order valence-corrected chi connectivity index (χ2v) is 7.44. The molecule has 0 spiro atoms. The molecule has 2 rings (SSSR count). The van der Waals surface area contributed by atoms with E-state index in [0.717, 1.165) is 65.1 Å². The fourth-order valence-electron chi connectivity index (χ4n) is 3.74. The van der Waals surface area contributed by atoms with E-state index >= 15 is 0 Å². The highest BCUT2D eigenvalue weighted by Crippen LogP contribution is 2.21. The molecule has 2 saturated heterocycles. The molecule has 0 radical (unpaired) electrons. The second kappa shape index (κ2) is 11.5. The summed E-state index contributed by atoms with van der Waals surface area (Å²) in [6.45, 7) is 8.08. The molecule has 0 unspecified atom stereocenters. The van der Waals surface area contributed by atoms with E-state index in [-0.39, 0.29) is 17.9 Å². The SMILES string of the molecule is COCCN1CCC(CN(C[C@@H]2CCCO2)C(=O)CCNC(C)=O)CC1. The molecule has 7 nitrogen and oxygen atoms in total. The zero-order valence-electron chi connectivity index (χ0n) is 16.4. The van der Waals surface area contributed by atoms with Crippen LogP contribution in [0.4, 0.5) is 0 Å². The number of hydrogen-bond acceptors (Lipinski definition) is 5. The third-order valence-corrected chi connectivity index (χ3v) is 5.31. The second-order valence-electron chi connectivity index (χ2n) is 7.44. The molecule has 7 heteroatoms. The summed E-state index contributed by atoms with van der Waals surface area (Å²) in [4.78, 5) is 28.1. The number of rotatable bonds is 10. The molecular weight excluding hydrogens is 334 g/mol. The third kappa shape index (κ3) is 7.60. The zero-order valence-corrected chi connectivity index (χ0v) is 16.4. The number of amides is 2. The number of likely N-dealkylation sites (tertiary alicyclic amines) is 1. The minimum absolute atomic E-state index is 0.0908. The van der Waals surface area contributed by atoms with Crippen molar-refractivity contribution in [3.8, 4) is 0 Å². The maximum Gasteiger partial charge on any atom is 0.224 e. The van der Waals surface area contributed by atoms with Crippen LogP contribution in [-0.4, -0.2) is 87.3 Å². The van der Waals surface area contributed by atoms with Gasteiger partial charge >= 0.3 is 0 Å². The minimum Gasteiger partial charge on any atom is -0.383 e. The van der Waals surface area contributed by atoms with Crippen molar-refractivity contribution in [1.82, 2.24) is 15.1 Å². The van der Waals surface area contributed by atoms with Crippen LogP contribution in [-0.2, 0) is 19.1 Å². The Hall–Kier alpha value is -1.18. The summed E-state index contributed by atoms with van der Waals surface area (Å²) < 4.78 is 10.9. The van der Waals surface area contributed by atoms with Crippen molar-refractivity contribution < 1.29 is 19.1 Å². The maximum atomic E-state index is 12.7. The Morgan fingerprint density at radius 1 is 1.23 bits per heavy atom. The molecule has 0 aromatic heterocycles. The Bertz CT molecular complexity index is 433. The third-order valence-electron chi connectivity index (χ3n) is 5.31. The molecule has 1 atom stereocenters. The first kappa shape index (κ1) is 21.1. The molecule has 0 saturated carbocycles. The average molecular weight is 370 g/mol. The predicted molar refractivity (Wildman–Crippen MR) is 99.9 cm³/mol. The summed E-state index contributed by atoms with van der Waals surface area (Å²) in [6.07, 6.45) is 4.87. The van der Waals surface area contributed by atoms with E-state index < -0.39 is 0 Å². The number of ether oxygens (including phenoxy) is 2. The molecule has 0 aliphatic carbocycles. The van der Waals surface area contributed by atoms with Crippen LogP contribution in [0.1, 0.15) is 39.0 Å². The van der Waals surface area contributed by atoms with E-state index in [1.807, 2.05) is 4.90 Å². The van der Waals surface area contributed by atoms with Gasteiger partial charge in [-0.3, -0.25) is 9.59 Å². The number of nitrogens with zero attached hydrogens (tertiary/aromatic N) is 2. The van der Waals surface area contributed by atoms with Crippen LogP contribution in [0, 0.1) is 5.92 Å². The van der Waals surface area contributed by atoms with E-state index in [2.05, 4.69) is 10.2 Å². The van der Waals surface area contributed by atoms with Crippen molar-refractivity contribution >= 4 is 11.8 Å². The Morgan fingerprint density at radius 3 is 2.62 bits per heavy atom. The van der Waals surface area contributed by atoms with E-state index in [1.54, 1.807) is 7.11 Å². The first-order valence-corrected chi connectivity index (χ1v) is 9.93. The van der Waals surface area contributed by atoms with Gasteiger partial charge in [0.2, 0.25) is 11.8 Å². The van der Waals surface area contributed by atoms with Crippen molar-refractivity contribution in [3.05, 3.63) is 0 Å². The van der Waals surface area contributed by atoms with Crippen molar-refractivity contribution in [2.45, 2.75) is 45.1 Å². The fourth-order valence-corrected chi connectivity index (χ4v) is 3.74. The Kier molecular flexibility index (Phi) is 9.36. The lowest BCUT2D eigenvalue weighted by Crippen LogP contribution is -2.44. The molecule has 26 heavy (non-hydrogen) atoms. The number of nitrogens with one attached hydrogen (secondary N) is 1. The number of methoxy groups -OCH3 is 1. The Balaban J connectivity index is 1.81. The first-order valence-electron chi connectivity index (χ1n) is 9.93. The van der Waals surface area contributed by atoms with E-state index in [1.165, 1.54) is 6.92 Å². The van der Waals surface area contributed by atoms with Gasteiger partial charge in [0.1, 0.15) is 0 Å². The fraction of sp³-hybridized carbons (Fsp3) is 0.895. The van der Waals surface area contributed by atoms with Crippen molar-refractivity contribution in [2.75, 3.05) is 59.6 Å². The summed E-state index contributed by atoms with van der Waals surface area (Å²) in [5.41, 5.74) is 0. The number of carbonyl (C=O) groups excluding carboxylic acids is 2. The van der Waals surface area contributed by atoms with Crippen LogP contribution in [0.3, 0.4) is 0 Å². The van der Waals surface area contributed by atoms with Gasteiger partial charge in [0.05, 0.1) is 12.7 Å². The highest BCUT2D eigenvalue weighted by Gasteiger charge is 2.27. The van der Waals surface area contributed by atoms with Crippen molar-refractivity contribution in [1.29, 1.82) is 0 Å². The molecule has 2 heterocycles. The monoisotopic (exact) mass is 369 g/mol. The van der Waals surface area contributed by atoms with E-state index in [9.17, 15) is 9.59 Å². The summed E-state index contributed by atoms with van der Waals surface area (Å²) >= 11 is 0. The van der Waals surface area contributed by atoms with Gasteiger partial charge in [0.25, 0.3) is 0 Å². The van der Waals surface area contributed by atoms with Crippen LogP contribution < -0.4 is 5.32 Å². The van der Waals surface area contributed by atoms with Gasteiger partial charge in [-0.05, 0) is 44.7 Å². The number of hydrogen-bond donors (Lipinski definition) is 1. The zero-order chi connectivity index (χ0) is 18.8. The standard InChI is InChI=1S/C19H35N3O4/c1-16(23)20-8-5-19(24)22(15-18-4-3-12-26-18)14-17-6-9-21(10-7-17)11-13-25-2/h17-18H,3-15H2,1-2H3,(H,20,23)/t18-/m0/s1. The lowest BCUT2D eigenvalue weighted by atomic mass is 9.95. The van der Waals surface area contributed by atoms with Gasteiger partial charge in [-0.2, -0.15) is 0 Å². The topological polar surface area (TPSA) is 71.1 Å². The molecule has 0 aromatic carbocycles. The van der Waals surface area contributed by atoms with Gasteiger partial charge in [-0.25, -0.2) is 0 Å². The molecule has 2 amide bonds. The predicted octanol–water partition coefficient (Wildman–Crippen LogP) is 0.879. The Labute approximate surface area is 157 Å². The molecule has 2 aliphatic heterocycles. The van der Waals surface area contributed by atoms with Crippen LogP contribution >= 0.6 is 0 Å². The lowest BCUT2D eigenvalue weighted by molar-refractivity contribution is -0.133. The quantitative estimate of drug-likeness (QED) is 0.619. The van der Waals surface area contributed by atoms with Gasteiger partial charge in [0, 0.05) is 53.2 Å². The minimum atomic E-state index is -0.0908. The highest BCUT2D eigenvalue weighted by molar-refractivity contribution is 5.78. The summed E-state index contributed by atoms with van der Waals surface area (Å²) in [7, 11) is 1.74. The maximum absolute atomic E-state index is 12.7. The van der Waals surface area contributed by atoms with Gasteiger partial charge in [0.15, 0.2) is 0 Å². The largest absolute Gasteiger partial charge is 0.383 e. The molecule has 1 N–H and O–H groups in total. The van der Waals surface area contributed by atoms with Crippen LogP contribution in [0.2, 0.25) is 0 Å². The lowest BCUT2D eigenvalue weighted by Gasteiger charge is -2.35. The van der Waals surface area contributed by atoms with Crippen LogP contribution in [0.25, 0.3) is 0 Å². The van der Waals surface area contributed by atoms with Crippen molar-refractivity contribution in [3.63, 3.8) is 0 Å². The van der Waals surface area contributed by atoms with E-state index in [4.69, 9.17) is 9.47 Å². The molecule has 2 aliphatic rings. The van der Waals surface area contributed by atoms with Crippen LogP contribution in [0.15, 0.2) is 0 Å². The van der Waals surface area contributed by atoms with Gasteiger partial charge < -0.3 is 24.6 Å². The average Bonchev–Trinajstić information content (AvgIpc) is 3.13.